The largest absolute Gasteiger partial charge is 0.413 e. The van der Waals surface area contributed by atoms with Crippen LogP contribution in [-0.2, 0) is 18.0 Å². The summed E-state index contributed by atoms with van der Waals surface area (Å²) >= 11 is 0. The Labute approximate surface area is 296 Å². The van der Waals surface area contributed by atoms with Crippen LogP contribution in [0.4, 0.5) is 0 Å². The molecule has 0 spiro atoms. The number of rotatable bonds is 17. The first kappa shape index (κ1) is 42.9. The Hall–Kier alpha value is -0.289. The Morgan fingerprint density at radius 1 is 0.574 bits per heavy atom. The second-order valence-electron chi connectivity index (χ2n) is 17.8. The van der Waals surface area contributed by atoms with Gasteiger partial charge in [-0.1, -0.05) is 149 Å². The minimum atomic E-state index is -2.30. The molecule has 0 amide bonds. The molecule has 0 aliphatic carbocycles. The molecule has 1 aliphatic heterocycles. The highest BCUT2D eigenvalue weighted by molar-refractivity contribution is 6.78. The van der Waals surface area contributed by atoms with Crippen molar-refractivity contribution in [3.8, 4) is 0 Å². The van der Waals surface area contributed by atoms with Crippen LogP contribution in [0.2, 0.25) is 49.9 Å². The van der Waals surface area contributed by atoms with Crippen molar-refractivity contribution in [1.82, 2.24) is 0 Å². The van der Waals surface area contributed by atoms with Crippen molar-refractivity contribution in [2.75, 3.05) is 6.61 Å². The normalized spacial score (nSPS) is 22.1. The maximum atomic E-state index is 7.88. The van der Waals surface area contributed by atoms with Crippen LogP contribution in [0.15, 0.2) is 24.3 Å². The van der Waals surface area contributed by atoms with Gasteiger partial charge in [0.2, 0.25) is 16.6 Å². The highest BCUT2D eigenvalue weighted by Crippen LogP contribution is 2.50. The number of hydrogen-bond acceptors (Lipinski definition) is 4. The molecule has 1 heterocycles. The predicted molar refractivity (Wildman–Crippen MR) is 212 cm³/mol. The monoisotopic (exact) mass is 707 g/mol. The lowest BCUT2D eigenvalue weighted by Gasteiger charge is -2.54. The molecule has 0 unspecified atom stereocenters. The van der Waals surface area contributed by atoms with Gasteiger partial charge in [-0.15, -0.1) is 0 Å². The molecule has 4 nitrogen and oxygen atoms in total. The third-order valence-corrected chi connectivity index (χ3v) is 30.7. The minimum Gasteiger partial charge on any atom is -0.413 e. The molecule has 0 saturated carbocycles. The molecule has 4 atom stereocenters. The zero-order valence-corrected chi connectivity index (χ0v) is 37.4. The summed E-state index contributed by atoms with van der Waals surface area (Å²) < 4.78 is 30.5. The smallest absolute Gasteiger partial charge is 0.201 e. The molecule has 0 N–H and O–H groups in total. The molecule has 1 saturated heterocycles. The second kappa shape index (κ2) is 17.3. The van der Waals surface area contributed by atoms with Gasteiger partial charge in [0.15, 0.2) is 8.32 Å². The maximum absolute atomic E-state index is 7.88. The van der Waals surface area contributed by atoms with Crippen LogP contribution in [0.5, 0.6) is 0 Å². The molecule has 7 heteroatoms. The topological polar surface area (TPSA) is 36.9 Å². The summed E-state index contributed by atoms with van der Waals surface area (Å²) in [5, 5.41) is 0. The van der Waals surface area contributed by atoms with E-state index in [2.05, 4.69) is 156 Å². The average Bonchev–Trinajstić information content (AvgIpc) is 2.93. The van der Waals surface area contributed by atoms with Gasteiger partial charge in [0, 0.05) is 6.42 Å². The summed E-state index contributed by atoms with van der Waals surface area (Å²) in [5.74, 6) is 0. The van der Waals surface area contributed by atoms with Crippen LogP contribution < -0.4 is 0 Å². The van der Waals surface area contributed by atoms with Crippen molar-refractivity contribution in [3.63, 3.8) is 0 Å². The Bertz CT molecular complexity index is 1020. The van der Waals surface area contributed by atoms with Gasteiger partial charge in [0.05, 0.1) is 24.9 Å². The van der Waals surface area contributed by atoms with Gasteiger partial charge in [0.1, 0.15) is 6.10 Å². The lowest BCUT2D eigenvalue weighted by Crippen LogP contribution is -2.62. The summed E-state index contributed by atoms with van der Waals surface area (Å²) in [5.41, 5.74) is 6.93. The van der Waals surface area contributed by atoms with E-state index < -0.39 is 25.0 Å². The Morgan fingerprint density at radius 2 is 0.957 bits per heavy atom. The molecule has 1 fully saturated rings. The highest BCUT2D eigenvalue weighted by atomic mass is 28.4. The van der Waals surface area contributed by atoms with Gasteiger partial charge >= 0.3 is 0 Å². The summed E-state index contributed by atoms with van der Waals surface area (Å²) in [7, 11) is -6.71. The van der Waals surface area contributed by atoms with Gasteiger partial charge in [0.25, 0.3) is 0 Å². The van der Waals surface area contributed by atoms with Gasteiger partial charge < -0.3 is 18.0 Å². The molecule has 2 rings (SSSR count). The molecule has 1 aliphatic rings. The van der Waals surface area contributed by atoms with E-state index in [0.717, 1.165) is 6.42 Å². The first-order valence-electron chi connectivity index (χ1n) is 19.3. The number of benzene rings is 1. The van der Waals surface area contributed by atoms with E-state index >= 15 is 0 Å². The standard InChI is InChI=1S/C40H78O4Si3/c1-26(2)45(27(3)4,28(5)6)41-25-39-40(44-47(32(13)14,33(15)16)34(17)18)38(43-46(29(7)8,30(9)10)31(11)12)24-37(42-39)36-23-21-20-22-35(36)19/h20-23,26-34,37-40H,24-25H2,1-19H3/t37-,38-,39-,40+/m1/s1. The first-order valence-corrected chi connectivity index (χ1v) is 25.8. The summed E-state index contributed by atoms with van der Waals surface area (Å²) in [4.78, 5) is 0. The van der Waals surface area contributed by atoms with Crippen LogP contribution in [-0.4, -0.2) is 49.9 Å². The summed E-state index contributed by atoms with van der Waals surface area (Å²) in [6.45, 7) is 45.9. The fraction of sp³-hybridized carbons (Fsp3) is 0.850. The predicted octanol–water partition coefficient (Wildman–Crippen LogP) is 13.1. The molecule has 274 valence electrons. The molecule has 1 aromatic rings. The van der Waals surface area contributed by atoms with Crippen LogP contribution in [0.25, 0.3) is 0 Å². The SMILES string of the molecule is Cc1ccccc1[C@H]1C[C@@H](O[Si](C(C)C)(C(C)C)C(C)C)[C@H](O[Si](C(C)C)(C(C)C)C(C)C)[C@@H](CO[Si](C(C)C)(C(C)C)C(C)C)O1. The Balaban J connectivity index is 2.89. The van der Waals surface area contributed by atoms with Crippen LogP contribution in [0, 0.1) is 6.92 Å². The van der Waals surface area contributed by atoms with E-state index in [9.17, 15) is 0 Å². The molecule has 0 aromatic heterocycles. The van der Waals surface area contributed by atoms with E-state index in [4.69, 9.17) is 18.0 Å². The Kier molecular flexibility index (Phi) is 15.8. The summed E-state index contributed by atoms with van der Waals surface area (Å²) in [6, 6.07) is 8.78. The zero-order valence-electron chi connectivity index (χ0n) is 34.4. The second-order valence-corrected chi connectivity index (χ2v) is 34.0. The van der Waals surface area contributed by atoms with Crippen LogP contribution in [0.1, 0.15) is 148 Å². The average molecular weight is 707 g/mol. The van der Waals surface area contributed by atoms with Gasteiger partial charge in [-0.3, -0.25) is 0 Å². The Morgan fingerprint density at radius 3 is 1.34 bits per heavy atom. The molecular formula is C40H78O4Si3. The number of aryl methyl sites for hydroxylation is 1. The lowest BCUT2D eigenvalue weighted by atomic mass is 9.92. The highest BCUT2D eigenvalue weighted by Gasteiger charge is 2.55. The van der Waals surface area contributed by atoms with E-state index in [-0.39, 0.29) is 24.4 Å². The fourth-order valence-electron chi connectivity index (χ4n) is 10.5. The van der Waals surface area contributed by atoms with E-state index in [0.29, 0.717) is 56.5 Å². The van der Waals surface area contributed by atoms with Crippen LogP contribution >= 0.6 is 0 Å². The van der Waals surface area contributed by atoms with Gasteiger partial charge in [-0.05, 0) is 67.9 Å². The minimum absolute atomic E-state index is 0.0582. The third kappa shape index (κ3) is 8.61. The summed E-state index contributed by atoms with van der Waals surface area (Å²) in [6.07, 6.45) is 0.317. The van der Waals surface area contributed by atoms with E-state index in [1.165, 1.54) is 11.1 Å². The van der Waals surface area contributed by atoms with Crippen molar-refractivity contribution in [1.29, 1.82) is 0 Å². The molecule has 0 bridgehead atoms. The van der Waals surface area contributed by atoms with Crippen molar-refractivity contribution < 1.29 is 18.0 Å². The maximum Gasteiger partial charge on any atom is 0.201 e. The van der Waals surface area contributed by atoms with Crippen LogP contribution in [0.3, 0.4) is 0 Å². The van der Waals surface area contributed by atoms with Crippen molar-refractivity contribution >= 4 is 25.0 Å². The van der Waals surface area contributed by atoms with E-state index in [1.807, 2.05) is 0 Å². The third-order valence-electron chi connectivity index (χ3n) is 12.4. The molecule has 47 heavy (non-hydrogen) atoms. The number of hydrogen-bond donors (Lipinski definition) is 0. The van der Waals surface area contributed by atoms with Crippen molar-refractivity contribution in [2.45, 2.75) is 212 Å². The molecule has 1 aromatic carbocycles. The molecule has 0 radical (unpaired) electrons. The quantitative estimate of drug-likeness (QED) is 0.151. The van der Waals surface area contributed by atoms with E-state index in [1.54, 1.807) is 0 Å². The number of ether oxygens (including phenoxy) is 1. The first-order chi connectivity index (χ1) is 21.6. The zero-order chi connectivity index (χ0) is 36.2. The van der Waals surface area contributed by atoms with Crippen molar-refractivity contribution in [3.05, 3.63) is 35.4 Å². The van der Waals surface area contributed by atoms with Gasteiger partial charge in [-0.2, -0.15) is 0 Å². The molecular weight excluding hydrogens is 629 g/mol. The van der Waals surface area contributed by atoms with Gasteiger partial charge in [-0.25, -0.2) is 0 Å². The van der Waals surface area contributed by atoms with Crippen molar-refractivity contribution in [2.24, 2.45) is 0 Å². The lowest BCUT2D eigenvalue weighted by molar-refractivity contribution is -0.172. The fourth-order valence-corrected chi connectivity index (χ4v) is 27.1.